The largest absolute Gasteiger partial charge is 0.389 e. The quantitative estimate of drug-likeness (QED) is 0.790. The molecule has 0 heterocycles. The zero-order valence-corrected chi connectivity index (χ0v) is 12.8. The van der Waals surface area contributed by atoms with Crippen molar-refractivity contribution in [2.75, 3.05) is 11.9 Å². The van der Waals surface area contributed by atoms with Gasteiger partial charge in [-0.15, -0.1) is 0 Å². The van der Waals surface area contributed by atoms with Gasteiger partial charge in [-0.2, -0.15) is 0 Å². The topological polar surface area (TPSA) is 38.0 Å². The molecule has 2 aromatic rings. The molecule has 0 aliphatic heterocycles. The lowest BCUT2D eigenvalue weighted by Crippen LogP contribution is -2.16. The summed E-state index contributed by atoms with van der Waals surface area (Å²) in [5.74, 6) is 0.0455. The predicted octanol–water partition coefficient (Wildman–Crippen LogP) is 4.07. The molecule has 4 heteroatoms. The fourth-order valence-electron chi connectivity index (χ4n) is 2.29. The summed E-state index contributed by atoms with van der Waals surface area (Å²) in [5, 5.41) is 3.23. The Bertz CT molecular complexity index is 613. The van der Waals surface area contributed by atoms with Crippen molar-refractivity contribution in [3.63, 3.8) is 0 Å². The van der Waals surface area contributed by atoms with Gasteiger partial charge in [0, 0.05) is 12.2 Å². The number of rotatable bonds is 6. The van der Waals surface area contributed by atoms with Crippen molar-refractivity contribution in [3.8, 4) is 0 Å². The molecule has 0 fully saturated rings. The number of nitrogens with one attached hydrogen (secondary N) is 1. The minimum atomic E-state index is -0.386. The van der Waals surface area contributed by atoms with Crippen LogP contribution in [0.5, 0.6) is 0 Å². The molecule has 0 aromatic heterocycles. The van der Waals surface area contributed by atoms with Crippen molar-refractivity contribution < 1.29 is 4.39 Å². The van der Waals surface area contributed by atoms with Gasteiger partial charge in [0.15, 0.2) is 0 Å². The average Bonchev–Trinajstić information content (AvgIpc) is 2.47. The minimum absolute atomic E-state index is 0.0757. The molecule has 0 saturated carbocycles. The smallest absolute Gasteiger partial charge is 0.135 e. The maximum Gasteiger partial charge on any atom is 0.135 e. The number of thiocarbonyl (C=S) groups is 1. The summed E-state index contributed by atoms with van der Waals surface area (Å²) in [6.07, 6.45) is 0.942. The first-order valence-corrected chi connectivity index (χ1v) is 7.37. The first-order valence-electron chi connectivity index (χ1n) is 6.96. The molecule has 3 N–H and O–H groups in total. The van der Waals surface area contributed by atoms with Crippen molar-refractivity contribution in [3.05, 3.63) is 65.5 Å². The number of hydrogen-bond acceptors (Lipinski definition) is 2. The zero-order valence-electron chi connectivity index (χ0n) is 12.0. The molecule has 0 amide bonds. The number of nitrogens with two attached hydrogens (primary N) is 1. The standard InChI is InChI=1S/C17H19FN2S/c1-12(13-6-3-2-4-7-13)10-11-20-15-9-5-8-14(18)16(15)17(19)21/h2-9,12,20H,10-11H2,1H3,(H2,19,21). The number of halogens is 1. The summed E-state index contributed by atoms with van der Waals surface area (Å²) in [7, 11) is 0. The Kier molecular flexibility index (Phi) is 5.28. The number of benzene rings is 2. The van der Waals surface area contributed by atoms with Gasteiger partial charge in [-0.1, -0.05) is 55.5 Å². The molecule has 2 nitrogen and oxygen atoms in total. The molecule has 1 unspecified atom stereocenters. The van der Waals surface area contributed by atoms with Gasteiger partial charge in [0.05, 0.1) is 5.56 Å². The second-order valence-electron chi connectivity index (χ2n) is 5.05. The van der Waals surface area contributed by atoms with Crippen molar-refractivity contribution >= 4 is 22.9 Å². The van der Waals surface area contributed by atoms with Crippen LogP contribution in [0.25, 0.3) is 0 Å². The van der Waals surface area contributed by atoms with Gasteiger partial charge >= 0.3 is 0 Å². The maximum absolute atomic E-state index is 13.7. The van der Waals surface area contributed by atoms with Crippen molar-refractivity contribution in [2.24, 2.45) is 5.73 Å². The lowest BCUT2D eigenvalue weighted by atomic mass is 9.98. The second-order valence-corrected chi connectivity index (χ2v) is 5.49. The van der Waals surface area contributed by atoms with Gasteiger partial charge in [0.1, 0.15) is 10.8 Å². The Labute approximate surface area is 130 Å². The van der Waals surface area contributed by atoms with Crippen LogP contribution >= 0.6 is 12.2 Å². The summed E-state index contributed by atoms with van der Waals surface area (Å²) in [4.78, 5) is 0.0757. The molecule has 21 heavy (non-hydrogen) atoms. The molecular weight excluding hydrogens is 283 g/mol. The average molecular weight is 302 g/mol. The van der Waals surface area contributed by atoms with E-state index < -0.39 is 0 Å². The minimum Gasteiger partial charge on any atom is -0.389 e. The molecule has 2 aromatic carbocycles. The number of hydrogen-bond donors (Lipinski definition) is 2. The molecule has 2 rings (SSSR count). The predicted molar refractivity (Wildman–Crippen MR) is 90.3 cm³/mol. The van der Waals surface area contributed by atoms with Gasteiger partial charge in [-0.25, -0.2) is 4.39 Å². The van der Waals surface area contributed by atoms with E-state index in [9.17, 15) is 4.39 Å². The lowest BCUT2D eigenvalue weighted by Gasteiger charge is -2.15. The molecule has 1 atom stereocenters. The summed E-state index contributed by atoms with van der Waals surface area (Å²) >= 11 is 4.91. The molecule has 0 radical (unpaired) electrons. The first-order chi connectivity index (χ1) is 10.1. The normalized spacial score (nSPS) is 11.9. The van der Waals surface area contributed by atoms with Crippen molar-refractivity contribution in [1.29, 1.82) is 0 Å². The van der Waals surface area contributed by atoms with Crippen molar-refractivity contribution in [2.45, 2.75) is 19.3 Å². The van der Waals surface area contributed by atoms with E-state index in [1.165, 1.54) is 11.6 Å². The highest BCUT2D eigenvalue weighted by Gasteiger charge is 2.11. The molecule has 0 aliphatic carbocycles. The highest BCUT2D eigenvalue weighted by atomic mass is 32.1. The molecule has 0 bridgehead atoms. The second kappa shape index (κ2) is 7.18. The Morgan fingerprint density at radius 3 is 2.57 bits per heavy atom. The van der Waals surface area contributed by atoms with Crippen LogP contribution in [0, 0.1) is 5.82 Å². The Hall–Kier alpha value is -1.94. The number of anilines is 1. The van der Waals surface area contributed by atoms with Gasteiger partial charge in [0.2, 0.25) is 0 Å². The molecular formula is C17H19FN2S. The SMILES string of the molecule is CC(CCNc1cccc(F)c1C(N)=S)c1ccccc1. The van der Waals surface area contributed by atoms with Crippen LogP contribution in [0.3, 0.4) is 0 Å². The van der Waals surface area contributed by atoms with E-state index in [1.807, 2.05) is 18.2 Å². The van der Waals surface area contributed by atoms with Crippen LogP contribution < -0.4 is 11.1 Å². The van der Waals surface area contributed by atoms with Gasteiger partial charge in [-0.3, -0.25) is 0 Å². The van der Waals surface area contributed by atoms with E-state index in [-0.39, 0.29) is 10.8 Å². The van der Waals surface area contributed by atoms with Crippen LogP contribution in [0.4, 0.5) is 10.1 Å². The van der Waals surface area contributed by atoms with Crippen LogP contribution in [-0.4, -0.2) is 11.5 Å². The molecule has 0 aliphatic rings. The molecule has 110 valence electrons. The van der Waals surface area contributed by atoms with Gasteiger partial charge in [0.25, 0.3) is 0 Å². The summed E-state index contributed by atoms with van der Waals surface area (Å²) in [6, 6.07) is 15.1. The van der Waals surface area contributed by atoms with E-state index in [0.29, 0.717) is 17.2 Å². The summed E-state index contributed by atoms with van der Waals surface area (Å²) < 4.78 is 13.7. The Morgan fingerprint density at radius 1 is 1.19 bits per heavy atom. The first kappa shape index (κ1) is 15.4. The fraction of sp³-hybridized carbons (Fsp3) is 0.235. The highest BCUT2D eigenvalue weighted by molar-refractivity contribution is 7.80. The fourth-order valence-corrected chi connectivity index (χ4v) is 2.50. The maximum atomic E-state index is 13.7. The molecule has 0 spiro atoms. The highest BCUT2D eigenvalue weighted by Crippen LogP contribution is 2.21. The third-order valence-electron chi connectivity index (χ3n) is 3.52. The third-order valence-corrected chi connectivity index (χ3v) is 3.73. The van der Waals surface area contributed by atoms with Crippen LogP contribution in [-0.2, 0) is 0 Å². The Balaban J connectivity index is 1.98. The monoisotopic (exact) mass is 302 g/mol. The van der Waals surface area contributed by atoms with E-state index in [2.05, 4.69) is 24.4 Å². The van der Waals surface area contributed by atoms with Crippen molar-refractivity contribution in [1.82, 2.24) is 0 Å². The van der Waals surface area contributed by atoms with E-state index in [1.54, 1.807) is 12.1 Å². The van der Waals surface area contributed by atoms with Gasteiger partial charge < -0.3 is 11.1 Å². The summed E-state index contributed by atoms with van der Waals surface area (Å²) in [6.45, 7) is 2.91. The Morgan fingerprint density at radius 2 is 1.90 bits per heavy atom. The van der Waals surface area contributed by atoms with E-state index in [4.69, 9.17) is 18.0 Å². The molecule has 0 saturated heterocycles. The van der Waals surface area contributed by atoms with Crippen LogP contribution in [0.2, 0.25) is 0 Å². The lowest BCUT2D eigenvalue weighted by molar-refractivity contribution is 0.625. The van der Waals surface area contributed by atoms with E-state index in [0.717, 1.165) is 13.0 Å². The zero-order chi connectivity index (χ0) is 15.2. The van der Waals surface area contributed by atoms with Gasteiger partial charge in [-0.05, 0) is 30.0 Å². The van der Waals surface area contributed by atoms with Crippen LogP contribution in [0.1, 0.15) is 30.4 Å². The third kappa shape index (κ3) is 4.02. The van der Waals surface area contributed by atoms with Crippen LogP contribution in [0.15, 0.2) is 48.5 Å². The summed E-state index contributed by atoms with van der Waals surface area (Å²) in [5.41, 5.74) is 7.84. The van der Waals surface area contributed by atoms with E-state index >= 15 is 0 Å².